The molecule has 1 aliphatic heterocycles. The molecule has 92 valence electrons. The lowest BCUT2D eigenvalue weighted by atomic mass is 10.1. The minimum Gasteiger partial charge on any atom is -0.465 e. The van der Waals surface area contributed by atoms with Crippen molar-refractivity contribution in [3.05, 3.63) is 35.4 Å². The van der Waals surface area contributed by atoms with Crippen LogP contribution in [0.25, 0.3) is 0 Å². The Bertz CT molecular complexity index is 405. The molecule has 1 N–H and O–H groups in total. The molecule has 0 bridgehead atoms. The van der Waals surface area contributed by atoms with Gasteiger partial charge in [-0.15, -0.1) is 0 Å². The average molecular weight is 235 g/mol. The van der Waals surface area contributed by atoms with Crippen LogP contribution in [0.15, 0.2) is 24.3 Å². The van der Waals surface area contributed by atoms with Crippen molar-refractivity contribution in [2.75, 3.05) is 20.2 Å². The summed E-state index contributed by atoms with van der Waals surface area (Å²) in [7, 11) is 1.39. The fourth-order valence-corrected chi connectivity index (χ4v) is 2.16. The minimum atomic E-state index is -0.305. The smallest absolute Gasteiger partial charge is 0.338 e. The molecule has 2 rings (SSSR count). The van der Waals surface area contributed by atoms with Crippen molar-refractivity contribution < 1.29 is 14.6 Å². The zero-order valence-corrected chi connectivity index (χ0v) is 9.93. The molecule has 1 aromatic rings. The number of likely N-dealkylation sites (tertiary alicyclic amines) is 1. The third-order valence-corrected chi connectivity index (χ3v) is 3.06. The first kappa shape index (κ1) is 12.1. The topological polar surface area (TPSA) is 49.8 Å². The van der Waals surface area contributed by atoms with Gasteiger partial charge >= 0.3 is 5.97 Å². The first-order chi connectivity index (χ1) is 8.20. The van der Waals surface area contributed by atoms with Gasteiger partial charge in [0.25, 0.3) is 0 Å². The van der Waals surface area contributed by atoms with Crippen LogP contribution in [-0.2, 0) is 11.3 Å². The molecule has 1 aromatic carbocycles. The van der Waals surface area contributed by atoms with E-state index in [1.54, 1.807) is 6.07 Å². The van der Waals surface area contributed by atoms with Gasteiger partial charge in [-0.1, -0.05) is 18.2 Å². The highest BCUT2D eigenvalue weighted by molar-refractivity contribution is 5.90. The number of aliphatic hydroxyl groups excluding tert-OH is 1. The van der Waals surface area contributed by atoms with Gasteiger partial charge in [0, 0.05) is 19.6 Å². The normalized spacial score (nSPS) is 20.5. The van der Waals surface area contributed by atoms with E-state index in [4.69, 9.17) is 4.74 Å². The molecule has 0 radical (unpaired) electrons. The fourth-order valence-electron chi connectivity index (χ4n) is 2.16. The van der Waals surface area contributed by atoms with Crippen molar-refractivity contribution in [1.29, 1.82) is 0 Å². The molecule has 0 aliphatic carbocycles. The number of carbonyl (C=O) groups is 1. The molecular formula is C13H17NO3. The molecule has 0 amide bonds. The third kappa shape index (κ3) is 2.84. The summed E-state index contributed by atoms with van der Waals surface area (Å²) in [6.45, 7) is 2.23. The van der Waals surface area contributed by atoms with Gasteiger partial charge < -0.3 is 9.84 Å². The predicted octanol–water partition coefficient (Wildman–Crippen LogP) is 1.04. The van der Waals surface area contributed by atoms with Crippen molar-refractivity contribution in [2.45, 2.75) is 19.1 Å². The monoisotopic (exact) mass is 235 g/mol. The number of hydrogen-bond donors (Lipinski definition) is 1. The summed E-state index contributed by atoms with van der Waals surface area (Å²) < 4.78 is 4.76. The summed E-state index contributed by atoms with van der Waals surface area (Å²) in [5.41, 5.74) is 1.56. The Labute approximate surface area is 101 Å². The van der Waals surface area contributed by atoms with Crippen LogP contribution in [0.2, 0.25) is 0 Å². The number of aliphatic hydroxyl groups is 1. The van der Waals surface area contributed by atoms with Gasteiger partial charge in [-0.05, 0) is 18.1 Å². The van der Waals surface area contributed by atoms with Crippen LogP contribution in [0.5, 0.6) is 0 Å². The van der Waals surface area contributed by atoms with E-state index in [-0.39, 0.29) is 12.1 Å². The maximum Gasteiger partial charge on any atom is 0.338 e. The number of ether oxygens (including phenoxy) is 1. The standard InChI is InChI=1S/C13H17NO3/c1-17-13(16)12-5-3-2-4-10(12)8-14-7-6-11(15)9-14/h2-5,11,15H,6-9H2,1H3. The van der Waals surface area contributed by atoms with Crippen molar-refractivity contribution in [3.8, 4) is 0 Å². The zero-order valence-electron chi connectivity index (χ0n) is 9.93. The number of esters is 1. The minimum absolute atomic E-state index is 0.236. The molecule has 1 fully saturated rings. The van der Waals surface area contributed by atoms with Gasteiger partial charge in [-0.2, -0.15) is 0 Å². The first-order valence-corrected chi connectivity index (χ1v) is 5.77. The Balaban J connectivity index is 2.12. The van der Waals surface area contributed by atoms with Gasteiger partial charge in [0.2, 0.25) is 0 Å². The van der Waals surface area contributed by atoms with Gasteiger partial charge in [0.1, 0.15) is 0 Å². The van der Waals surface area contributed by atoms with Crippen LogP contribution < -0.4 is 0 Å². The number of rotatable bonds is 3. The number of methoxy groups -OCH3 is 1. The van der Waals surface area contributed by atoms with E-state index in [1.165, 1.54) is 7.11 Å². The van der Waals surface area contributed by atoms with Crippen LogP contribution >= 0.6 is 0 Å². The van der Waals surface area contributed by atoms with Crippen molar-refractivity contribution in [2.24, 2.45) is 0 Å². The largest absolute Gasteiger partial charge is 0.465 e. The first-order valence-electron chi connectivity index (χ1n) is 5.77. The molecule has 1 heterocycles. The molecule has 1 saturated heterocycles. The van der Waals surface area contributed by atoms with E-state index in [1.807, 2.05) is 18.2 Å². The van der Waals surface area contributed by atoms with Crippen LogP contribution in [0.4, 0.5) is 0 Å². The van der Waals surface area contributed by atoms with E-state index in [2.05, 4.69) is 4.90 Å². The Morgan fingerprint density at radius 3 is 2.94 bits per heavy atom. The average Bonchev–Trinajstić information content (AvgIpc) is 2.74. The van der Waals surface area contributed by atoms with Crippen LogP contribution in [0.1, 0.15) is 22.3 Å². The second-order valence-electron chi connectivity index (χ2n) is 4.33. The highest BCUT2D eigenvalue weighted by Crippen LogP contribution is 2.17. The van der Waals surface area contributed by atoms with E-state index < -0.39 is 0 Å². The Hall–Kier alpha value is -1.39. The predicted molar refractivity (Wildman–Crippen MR) is 63.7 cm³/mol. The summed E-state index contributed by atoms with van der Waals surface area (Å²) in [6, 6.07) is 7.44. The zero-order chi connectivity index (χ0) is 12.3. The summed E-state index contributed by atoms with van der Waals surface area (Å²) >= 11 is 0. The lowest BCUT2D eigenvalue weighted by Crippen LogP contribution is -2.22. The van der Waals surface area contributed by atoms with Gasteiger partial charge in [0.05, 0.1) is 18.8 Å². The van der Waals surface area contributed by atoms with E-state index in [0.29, 0.717) is 18.7 Å². The fraction of sp³-hybridized carbons (Fsp3) is 0.462. The van der Waals surface area contributed by atoms with Crippen molar-refractivity contribution >= 4 is 5.97 Å². The van der Waals surface area contributed by atoms with Crippen molar-refractivity contribution in [3.63, 3.8) is 0 Å². The Morgan fingerprint density at radius 2 is 2.29 bits per heavy atom. The SMILES string of the molecule is COC(=O)c1ccccc1CN1CCC(O)C1. The molecule has 17 heavy (non-hydrogen) atoms. The summed E-state index contributed by atoms with van der Waals surface area (Å²) in [5, 5.41) is 9.47. The van der Waals surface area contributed by atoms with Crippen LogP contribution in [-0.4, -0.2) is 42.3 Å². The molecular weight excluding hydrogens is 218 g/mol. The van der Waals surface area contributed by atoms with Crippen molar-refractivity contribution in [1.82, 2.24) is 4.90 Å². The summed E-state index contributed by atoms with van der Waals surface area (Å²) in [4.78, 5) is 13.7. The number of carbonyl (C=O) groups excluding carboxylic acids is 1. The van der Waals surface area contributed by atoms with E-state index in [9.17, 15) is 9.90 Å². The highest BCUT2D eigenvalue weighted by atomic mass is 16.5. The molecule has 0 saturated carbocycles. The number of benzene rings is 1. The van der Waals surface area contributed by atoms with Crippen LogP contribution in [0, 0.1) is 0 Å². The van der Waals surface area contributed by atoms with Gasteiger partial charge in [-0.3, -0.25) is 4.90 Å². The lowest BCUT2D eigenvalue weighted by molar-refractivity contribution is 0.0598. The Morgan fingerprint density at radius 1 is 1.53 bits per heavy atom. The number of β-amino-alcohol motifs (C(OH)–C–C–N with tert-alkyl or cyclic N) is 1. The molecule has 0 aromatic heterocycles. The summed E-state index contributed by atoms with van der Waals surface area (Å²) in [5.74, 6) is -0.305. The lowest BCUT2D eigenvalue weighted by Gasteiger charge is -2.16. The Kier molecular flexibility index (Phi) is 3.76. The second-order valence-corrected chi connectivity index (χ2v) is 4.33. The quantitative estimate of drug-likeness (QED) is 0.795. The molecule has 4 heteroatoms. The van der Waals surface area contributed by atoms with E-state index in [0.717, 1.165) is 18.5 Å². The molecule has 1 atom stereocenters. The highest BCUT2D eigenvalue weighted by Gasteiger charge is 2.21. The molecule has 0 spiro atoms. The van der Waals surface area contributed by atoms with Crippen LogP contribution in [0.3, 0.4) is 0 Å². The molecule has 1 aliphatic rings. The molecule has 1 unspecified atom stereocenters. The maximum atomic E-state index is 11.6. The maximum absolute atomic E-state index is 11.6. The van der Waals surface area contributed by atoms with Gasteiger partial charge in [-0.25, -0.2) is 4.79 Å². The third-order valence-electron chi connectivity index (χ3n) is 3.06. The molecule has 4 nitrogen and oxygen atoms in total. The second kappa shape index (κ2) is 5.29. The van der Waals surface area contributed by atoms with Gasteiger partial charge in [0.15, 0.2) is 0 Å². The summed E-state index contributed by atoms with van der Waals surface area (Å²) in [6.07, 6.45) is 0.570. The number of nitrogens with zero attached hydrogens (tertiary/aromatic N) is 1. The van der Waals surface area contributed by atoms with E-state index >= 15 is 0 Å². The number of hydrogen-bond acceptors (Lipinski definition) is 4.